The standard InChI is InChI=1S/C11H12ClN5/c1-2-7-3-5-8(6-4-7)14-11-16-9(12)15-10(13)17-11/h3-6H,2H2,1H3,(H3,13,14,15,16,17). The van der Waals surface area contributed by atoms with Crippen molar-refractivity contribution >= 4 is 29.2 Å². The van der Waals surface area contributed by atoms with E-state index in [1.807, 2.05) is 24.3 Å². The summed E-state index contributed by atoms with van der Waals surface area (Å²) in [5.74, 6) is 0.435. The summed E-state index contributed by atoms with van der Waals surface area (Å²) in [5, 5.41) is 3.08. The molecule has 0 amide bonds. The zero-order valence-corrected chi connectivity index (χ0v) is 10.1. The third-order valence-electron chi connectivity index (χ3n) is 2.24. The molecule has 6 heteroatoms. The average molecular weight is 250 g/mol. The van der Waals surface area contributed by atoms with Gasteiger partial charge in [0, 0.05) is 5.69 Å². The van der Waals surface area contributed by atoms with Gasteiger partial charge in [0.2, 0.25) is 17.2 Å². The molecule has 1 aromatic heterocycles. The molecule has 0 aliphatic carbocycles. The van der Waals surface area contributed by atoms with Gasteiger partial charge in [0.15, 0.2) is 0 Å². The van der Waals surface area contributed by atoms with Gasteiger partial charge in [-0.25, -0.2) is 0 Å². The van der Waals surface area contributed by atoms with Crippen LogP contribution in [0.5, 0.6) is 0 Å². The molecule has 1 aromatic carbocycles. The number of nitrogens with one attached hydrogen (secondary N) is 1. The average Bonchev–Trinajstić information content (AvgIpc) is 2.28. The molecule has 2 rings (SSSR count). The van der Waals surface area contributed by atoms with Crippen molar-refractivity contribution < 1.29 is 0 Å². The summed E-state index contributed by atoms with van der Waals surface area (Å²) in [6, 6.07) is 7.97. The van der Waals surface area contributed by atoms with Crippen molar-refractivity contribution in [1.29, 1.82) is 0 Å². The maximum atomic E-state index is 5.68. The van der Waals surface area contributed by atoms with Gasteiger partial charge < -0.3 is 11.1 Å². The van der Waals surface area contributed by atoms with Crippen LogP contribution < -0.4 is 11.1 Å². The van der Waals surface area contributed by atoms with Crippen LogP contribution in [0.15, 0.2) is 24.3 Å². The molecule has 0 saturated carbocycles. The van der Waals surface area contributed by atoms with E-state index < -0.39 is 0 Å². The van der Waals surface area contributed by atoms with Crippen LogP contribution in [0.3, 0.4) is 0 Å². The molecule has 3 N–H and O–H groups in total. The van der Waals surface area contributed by atoms with E-state index in [4.69, 9.17) is 17.3 Å². The maximum Gasteiger partial charge on any atom is 0.233 e. The van der Waals surface area contributed by atoms with Gasteiger partial charge in [-0.05, 0) is 35.7 Å². The first-order chi connectivity index (χ1) is 8.17. The second-order valence-electron chi connectivity index (χ2n) is 3.46. The fourth-order valence-electron chi connectivity index (χ4n) is 1.37. The van der Waals surface area contributed by atoms with Crippen molar-refractivity contribution in [2.75, 3.05) is 11.1 Å². The number of benzene rings is 1. The smallest absolute Gasteiger partial charge is 0.233 e. The highest BCUT2D eigenvalue weighted by Crippen LogP contribution is 2.15. The Labute approximate surface area is 104 Å². The van der Waals surface area contributed by atoms with Crippen molar-refractivity contribution in [1.82, 2.24) is 15.0 Å². The number of nitrogen functional groups attached to an aromatic ring is 1. The van der Waals surface area contributed by atoms with Crippen LogP contribution in [0.25, 0.3) is 0 Å². The fraction of sp³-hybridized carbons (Fsp3) is 0.182. The van der Waals surface area contributed by atoms with Crippen molar-refractivity contribution in [2.24, 2.45) is 0 Å². The predicted molar refractivity (Wildman–Crippen MR) is 68.4 cm³/mol. The van der Waals surface area contributed by atoms with Gasteiger partial charge in [0.05, 0.1) is 0 Å². The molecular formula is C11H12ClN5. The van der Waals surface area contributed by atoms with E-state index in [2.05, 4.69) is 27.2 Å². The van der Waals surface area contributed by atoms with E-state index in [9.17, 15) is 0 Å². The third kappa shape index (κ3) is 3.04. The zero-order valence-electron chi connectivity index (χ0n) is 9.31. The number of rotatable bonds is 3. The molecule has 1 heterocycles. The summed E-state index contributed by atoms with van der Waals surface area (Å²) in [7, 11) is 0. The van der Waals surface area contributed by atoms with Crippen molar-refractivity contribution in [3.63, 3.8) is 0 Å². The van der Waals surface area contributed by atoms with Crippen molar-refractivity contribution in [3.05, 3.63) is 35.1 Å². The number of aromatic nitrogens is 3. The van der Waals surface area contributed by atoms with Crippen molar-refractivity contribution in [3.8, 4) is 0 Å². The van der Waals surface area contributed by atoms with E-state index >= 15 is 0 Å². The Morgan fingerprint density at radius 2 is 1.88 bits per heavy atom. The monoisotopic (exact) mass is 249 g/mol. The van der Waals surface area contributed by atoms with Crippen LogP contribution in [0, 0.1) is 0 Å². The number of hydrogen-bond donors (Lipinski definition) is 2. The number of halogens is 1. The molecule has 0 saturated heterocycles. The van der Waals surface area contributed by atoms with E-state index in [1.165, 1.54) is 5.56 Å². The summed E-state index contributed by atoms with van der Waals surface area (Å²) < 4.78 is 0. The molecule has 0 radical (unpaired) electrons. The largest absolute Gasteiger partial charge is 0.368 e. The Bertz CT molecular complexity index is 492. The third-order valence-corrected chi connectivity index (χ3v) is 2.41. The van der Waals surface area contributed by atoms with E-state index in [-0.39, 0.29) is 11.2 Å². The Hall–Kier alpha value is -1.88. The molecule has 5 nitrogen and oxygen atoms in total. The van der Waals surface area contributed by atoms with Gasteiger partial charge in [-0.3, -0.25) is 0 Å². The summed E-state index contributed by atoms with van der Waals surface area (Å²) in [6.07, 6.45) is 1.00. The van der Waals surface area contributed by atoms with Gasteiger partial charge in [-0.1, -0.05) is 19.1 Å². The molecule has 0 spiro atoms. The first-order valence-electron chi connectivity index (χ1n) is 5.20. The van der Waals surface area contributed by atoms with Gasteiger partial charge >= 0.3 is 0 Å². The Kier molecular flexibility index (Phi) is 3.39. The fourth-order valence-corrected chi connectivity index (χ4v) is 1.54. The number of hydrogen-bond acceptors (Lipinski definition) is 5. The van der Waals surface area contributed by atoms with Crippen LogP contribution in [0.2, 0.25) is 5.28 Å². The molecule has 0 aliphatic heterocycles. The minimum absolute atomic E-state index is 0.0742. The lowest BCUT2D eigenvalue weighted by molar-refractivity contribution is 1.07. The quantitative estimate of drug-likeness (QED) is 0.874. The lowest BCUT2D eigenvalue weighted by Crippen LogP contribution is -2.03. The number of aryl methyl sites for hydroxylation is 1. The van der Waals surface area contributed by atoms with Gasteiger partial charge in [-0.2, -0.15) is 15.0 Å². The number of nitrogens with zero attached hydrogens (tertiary/aromatic N) is 3. The Morgan fingerprint density at radius 3 is 2.47 bits per heavy atom. The van der Waals surface area contributed by atoms with Crippen LogP contribution in [0.1, 0.15) is 12.5 Å². The minimum Gasteiger partial charge on any atom is -0.368 e. The first kappa shape index (κ1) is 11.6. The molecule has 2 aromatic rings. The molecule has 0 bridgehead atoms. The topological polar surface area (TPSA) is 76.7 Å². The summed E-state index contributed by atoms with van der Waals surface area (Å²) in [5.41, 5.74) is 7.62. The van der Waals surface area contributed by atoms with E-state index in [0.717, 1.165) is 12.1 Å². The van der Waals surface area contributed by atoms with Crippen LogP contribution >= 0.6 is 11.6 Å². The predicted octanol–water partition coefficient (Wildman–Crippen LogP) is 2.41. The maximum absolute atomic E-state index is 5.68. The SMILES string of the molecule is CCc1ccc(Nc2nc(N)nc(Cl)n2)cc1. The second kappa shape index (κ2) is 4.97. The van der Waals surface area contributed by atoms with Crippen LogP contribution in [0.4, 0.5) is 17.6 Å². The molecule has 88 valence electrons. The van der Waals surface area contributed by atoms with Gasteiger partial charge in [0.25, 0.3) is 0 Å². The Balaban J connectivity index is 2.19. The summed E-state index contributed by atoms with van der Waals surface area (Å²) in [4.78, 5) is 11.5. The number of anilines is 3. The highest BCUT2D eigenvalue weighted by Gasteiger charge is 2.02. The zero-order chi connectivity index (χ0) is 12.3. The first-order valence-corrected chi connectivity index (χ1v) is 5.58. The molecule has 0 fully saturated rings. The molecular weight excluding hydrogens is 238 g/mol. The molecule has 17 heavy (non-hydrogen) atoms. The summed E-state index contributed by atoms with van der Waals surface area (Å²) >= 11 is 5.68. The second-order valence-corrected chi connectivity index (χ2v) is 3.80. The van der Waals surface area contributed by atoms with Gasteiger partial charge in [-0.15, -0.1) is 0 Å². The van der Waals surface area contributed by atoms with Crippen LogP contribution in [-0.4, -0.2) is 15.0 Å². The minimum atomic E-state index is 0.0742. The normalized spacial score (nSPS) is 10.2. The molecule has 0 unspecified atom stereocenters. The van der Waals surface area contributed by atoms with E-state index in [1.54, 1.807) is 0 Å². The highest BCUT2D eigenvalue weighted by atomic mass is 35.5. The van der Waals surface area contributed by atoms with Crippen molar-refractivity contribution in [2.45, 2.75) is 13.3 Å². The highest BCUT2D eigenvalue weighted by molar-refractivity contribution is 6.28. The molecule has 0 atom stereocenters. The van der Waals surface area contributed by atoms with Gasteiger partial charge in [0.1, 0.15) is 0 Å². The summed E-state index contributed by atoms with van der Waals surface area (Å²) in [6.45, 7) is 2.11. The van der Waals surface area contributed by atoms with E-state index in [0.29, 0.717) is 5.95 Å². The lowest BCUT2D eigenvalue weighted by Gasteiger charge is -2.05. The van der Waals surface area contributed by atoms with Crippen LogP contribution in [-0.2, 0) is 6.42 Å². The number of nitrogens with two attached hydrogens (primary N) is 1. The lowest BCUT2D eigenvalue weighted by atomic mass is 10.1. The Morgan fingerprint density at radius 1 is 1.18 bits per heavy atom. The molecule has 0 aliphatic rings.